The molecule has 0 aliphatic carbocycles. The van der Waals surface area contributed by atoms with Gasteiger partial charge in [0, 0.05) is 38.4 Å². The van der Waals surface area contributed by atoms with Crippen molar-refractivity contribution in [2.45, 2.75) is 32.2 Å². The summed E-state index contributed by atoms with van der Waals surface area (Å²) in [5.41, 5.74) is -0.0348. The van der Waals surface area contributed by atoms with Gasteiger partial charge in [-0.15, -0.1) is 0 Å². The first-order chi connectivity index (χ1) is 13.8. The van der Waals surface area contributed by atoms with Gasteiger partial charge in [-0.05, 0) is 18.6 Å². The Hall–Kier alpha value is -2.39. The summed E-state index contributed by atoms with van der Waals surface area (Å²) in [6, 6.07) is 10.3. The summed E-state index contributed by atoms with van der Waals surface area (Å²) in [6.45, 7) is 5.70. The molecule has 1 aliphatic rings. The van der Waals surface area contributed by atoms with Gasteiger partial charge < -0.3 is 9.64 Å². The molecule has 2 aromatic rings. The minimum Gasteiger partial charge on any atom is -0.379 e. The maximum Gasteiger partial charge on any atom is 0.435 e. The van der Waals surface area contributed by atoms with Crippen molar-refractivity contribution in [2.24, 2.45) is 0 Å². The average Bonchev–Trinajstić information content (AvgIpc) is 3.16. The lowest BCUT2D eigenvalue weighted by Gasteiger charge is -2.35. The Morgan fingerprint density at radius 2 is 1.90 bits per heavy atom. The summed E-state index contributed by atoms with van der Waals surface area (Å²) >= 11 is 0. The molecule has 0 saturated carbocycles. The molecule has 0 spiro atoms. The van der Waals surface area contributed by atoms with Crippen molar-refractivity contribution in [3.63, 3.8) is 0 Å². The minimum atomic E-state index is -4.53. The van der Waals surface area contributed by atoms with E-state index in [1.54, 1.807) is 4.90 Å². The standard InChI is InChI=1S/C20H25F3N4O2/c1-16(13-25-9-11-29-12-10-25)27(14-17-5-3-2-4-6-17)19(28)15-26-8-7-18(24-26)20(21,22)23/h2-8,16H,9-15H2,1H3. The van der Waals surface area contributed by atoms with E-state index in [1.807, 2.05) is 37.3 Å². The van der Waals surface area contributed by atoms with Gasteiger partial charge in [0.05, 0.1) is 13.2 Å². The quantitative estimate of drug-likeness (QED) is 0.704. The van der Waals surface area contributed by atoms with Crippen LogP contribution in [0.2, 0.25) is 0 Å². The molecule has 1 unspecified atom stereocenters. The second-order valence-electron chi connectivity index (χ2n) is 7.17. The van der Waals surface area contributed by atoms with Crippen LogP contribution >= 0.6 is 0 Å². The van der Waals surface area contributed by atoms with Gasteiger partial charge in [0.1, 0.15) is 6.54 Å². The third-order valence-corrected chi connectivity index (χ3v) is 4.90. The number of carbonyl (C=O) groups excluding carboxylic acids is 1. The van der Waals surface area contributed by atoms with Gasteiger partial charge in [-0.25, -0.2) is 0 Å². The monoisotopic (exact) mass is 410 g/mol. The predicted molar refractivity (Wildman–Crippen MR) is 101 cm³/mol. The van der Waals surface area contributed by atoms with Crippen molar-refractivity contribution < 1.29 is 22.7 Å². The lowest BCUT2D eigenvalue weighted by atomic mass is 10.1. The molecule has 1 atom stereocenters. The number of rotatable bonds is 7. The molecule has 2 heterocycles. The van der Waals surface area contributed by atoms with Crippen LogP contribution in [0.25, 0.3) is 0 Å². The maximum absolute atomic E-state index is 13.0. The number of alkyl halides is 3. The van der Waals surface area contributed by atoms with E-state index in [2.05, 4.69) is 10.00 Å². The van der Waals surface area contributed by atoms with Crippen LogP contribution in [0.4, 0.5) is 13.2 Å². The van der Waals surface area contributed by atoms with Crippen molar-refractivity contribution in [2.75, 3.05) is 32.8 Å². The van der Waals surface area contributed by atoms with E-state index in [-0.39, 0.29) is 18.5 Å². The lowest BCUT2D eigenvalue weighted by Crippen LogP contribution is -2.48. The first kappa shape index (κ1) is 21.3. The molecule has 1 aliphatic heterocycles. The molecule has 1 fully saturated rings. The number of hydrogen-bond donors (Lipinski definition) is 0. The van der Waals surface area contributed by atoms with Crippen molar-refractivity contribution in [3.8, 4) is 0 Å². The molecule has 1 aromatic carbocycles. The number of morpholine rings is 1. The third-order valence-electron chi connectivity index (χ3n) is 4.90. The summed E-state index contributed by atoms with van der Waals surface area (Å²) in [6.07, 6.45) is -3.34. The van der Waals surface area contributed by atoms with Crippen molar-refractivity contribution in [1.29, 1.82) is 0 Å². The van der Waals surface area contributed by atoms with Crippen LogP contribution in [-0.4, -0.2) is 64.4 Å². The minimum absolute atomic E-state index is 0.113. The zero-order chi connectivity index (χ0) is 20.9. The van der Waals surface area contributed by atoms with Gasteiger partial charge in [0.15, 0.2) is 5.69 Å². The second kappa shape index (κ2) is 9.41. The third kappa shape index (κ3) is 6.04. The van der Waals surface area contributed by atoms with E-state index in [0.29, 0.717) is 26.3 Å². The first-order valence-corrected chi connectivity index (χ1v) is 9.57. The molecule has 0 bridgehead atoms. The number of halogens is 3. The number of aromatic nitrogens is 2. The number of ether oxygens (including phenoxy) is 1. The lowest BCUT2D eigenvalue weighted by molar-refractivity contribution is -0.142. The van der Waals surface area contributed by atoms with Crippen molar-refractivity contribution in [1.82, 2.24) is 19.6 Å². The van der Waals surface area contributed by atoms with Gasteiger partial charge in [0.2, 0.25) is 5.91 Å². The molecule has 3 rings (SSSR count). The second-order valence-corrected chi connectivity index (χ2v) is 7.17. The van der Waals surface area contributed by atoms with E-state index in [1.165, 1.54) is 6.20 Å². The molecule has 0 radical (unpaired) electrons. The predicted octanol–water partition coefficient (Wildman–Crippen LogP) is 2.65. The summed E-state index contributed by atoms with van der Waals surface area (Å²) < 4.78 is 44.8. The van der Waals surface area contributed by atoms with Crippen LogP contribution in [0, 0.1) is 0 Å². The van der Waals surface area contributed by atoms with Crippen LogP contribution in [0.5, 0.6) is 0 Å². The van der Waals surface area contributed by atoms with E-state index >= 15 is 0 Å². The highest BCUT2D eigenvalue weighted by molar-refractivity contribution is 5.76. The zero-order valence-corrected chi connectivity index (χ0v) is 16.3. The summed E-state index contributed by atoms with van der Waals surface area (Å²) in [5, 5.41) is 3.50. The van der Waals surface area contributed by atoms with Gasteiger partial charge in [-0.3, -0.25) is 14.4 Å². The zero-order valence-electron chi connectivity index (χ0n) is 16.3. The van der Waals surface area contributed by atoms with E-state index in [4.69, 9.17) is 4.74 Å². The van der Waals surface area contributed by atoms with Crippen LogP contribution in [-0.2, 0) is 28.8 Å². The number of carbonyl (C=O) groups is 1. The Kier molecular flexibility index (Phi) is 6.92. The molecule has 1 saturated heterocycles. The van der Waals surface area contributed by atoms with Crippen LogP contribution in [0.3, 0.4) is 0 Å². The molecule has 0 N–H and O–H groups in total. The Morgan fingerprint density at radius 1 is 1.21 bits per heavy atom. The molecule has 1 aromatic heterocycles. The fraction of sp³-hybridized carbons (Fsp3) is 0.500. The highest BCUT2D eigenvalue weighted by Gasteiger charge is 2.34. The Labute approximate surface area is 167 Å². The number of amides is 1. The summed E-state index contributed by atoms with van der Waals surface area (Å²) in [7, 11) is 0. The SMILES string of the molecule is CC(CN1CCOCC1)N(Cc1ccccc1)C(=O)Cn1ccc(C(F)(F)F)n1. The Balaban J connectivity index is 1.72. The number of benzene rings is 1. The fourth-order valence-electron chi connectivity index (χ4n) is 3.36. The van der Waals surface area contributed by atoms with Gasteiger partial charge in [-0.2, -0.15) is 18.3 Å². The van der Waals surface area contributed by atoms with Crippen LogP contribution in [0.1, 0.15) is 18.2 Å². The fourth-order valence-corrected chi connectivity index (χ4v) is 3.36. The van der Waals surface area contributed by atoms with Gasteiger partial charge >= 0.3 is 6.18 Å². The average molecular weight is 410 g/mol. The molecule has 158 valence electrons. The Morgan fingerprint density at radius 3 is 2.52 bits per heavy atom. The van der Waals surface area contributed by atoms with E-state index in [0.717, 1.165) is 29.4 Å². The van der Waals surface area contributed by atoms with Gasteiger partial charge in [0.25, 0.3) is 0 Å². The van der Waals surface area contributed by atoms with Gasteiger partial charge in [-0.1, -0.05) is 30.3 Å². The number of hydrogen-bond acceptors (Lipinski definition) is 4. The van der Waals surface area contributed by atoms with Crippen molar-refractivity contribution in [3.05, 3.63) is 53.9 Å². The largest absolute Gasteiger partial charge is 0.435 e. The Bertz CT molecular complexity index is 789. The highest BCUT2D eigenvalue weighted by atomic mass is 19.4. The smallest absolute Gasteiger partial charge is 0.379 e. The topological polar surface area (TPSA) is 50.6 Å². The molecule has 1 amide bonds. The molecule has 6 nitrogen and oxygen atoms in total. The highest BCUT2D eigenvalue weighted by Crippen LogP contribution is 2.27. The molecule has 29 heavy (non-hydrogen) atoms. The molecule has 9 heteroatoms. The molecular formula is C20H25F3N4O2. The normalized spacial score (nSPS) is 16.6. The van der Waals surface area contributed by atoms with E-state index < -0.39 is 11.9 Å². The molecular weight excluding hydrogens is 385 g/mol. The van der Waals surface area contributed by atoms with Crippen molar-refractivity contribution >= 4 is 5.91 Å². The maximum atomic E-state index is 13.0. The van der Waals surface area contributed by atoms with E-state index in [9.17, 15) is 18.0 Å². The number of nitrogens with zero attached hydrogens (tertiary/aromatic N) is 4. The summed E-state index contributed by atoms with van der Waals surface area (Å²) in [4.78, 5) is 16.9. The summed E-state index contributed by atoms with van der Waals surface area (Å²) in [5.74, 6) is -0.272. The first-order valence-electron chi connectivity index (χ1n) is 9.57. The van der Waals surface area contributed by atoms with Crippen LogP contribution in [0.15, 0.2) is 42.6 Å². The van der Waals surface area contributed by atoms with Crippen LogP contribution < -0.4 is 0 Å².